The Labute approximate surface area is 208 Å². The highest BCUT2D eigenvalue weighted by Crippen LogP contribution is 2.65. The normalized spacial score (nSPS) is 29.5. The molecule has 3 saturated carbocycles. The molecular formula is C26H31NO7S. The number of carboxylic acid groups (broad SMARTS) is 1. The van der Waals surface area contributed by atoms with Crippen LogP contribution in [0.5, 0.6) is 11.5 Å². The molecule has 1 aromatic rings. The van der Waals surface area contributed by atoms with Crippen LogP contribution in [0.3, 0.4) is 0 Å². The molecule has 188 valence electrons. The number of benzene rings is 1. The Kier molecular flexibility index (Phi) is 6.76. The number of aromatic carboxylic acids is 1. The minimum Gasteiger partial charge on any atom is -0.506 e. The molecule has 0 unspecified atom stereocenters. The number of aromatic hydroxyl groups is 2. The van der Waals surface area contributed by atoms with Gasteiger partial charge in [-0.3, -0.25) is 9.59 Å². The van der Waals surface area contributed by atoms with Crippen molar-refractivity contribution in [2.45, 2.75) is 45.4 Å². The van der Waals surface area contributed by atoms with Gasteiger partial charge >= 0.3 is 5.97 Å². The van der Waals surface area contributed by atoms with Gasteiger partial charge in [0, 0.05) is 22.5 Å². The van der Waals surface area contributed by atoms with E-state index in [-0.39, 0.29) is 42.3 Å². The van der Waals surface area contributed by atoms with Gasteiger partial charge in [-0.05, 0) is 61.5 Å². The lowest BCUT2D eigenvalue weighted by Gasteiger charge is -2.59. The minimum absolute atomic E-state index is 0.0175. The van der Waals surface area contributed by atoms with Crippen LogP contribution in [0.1, 0.15) is 55.8 Å². The summed E-state index contributed by atoms with van der Waals surface area (Å²) in [4.78, 5) is 38.5. The van der Waals surface area contributed by atoms with Crippen molar-refractivity contribution in [2.24, 2.45) is 22.7 Å². The number of carbonyl (C=O) groups is 3. The molecule has 2 bridgehead atoms. The molecule has 0 aromatic heterocycles. The molecule has 1 aromatic carbocycles. The maximum atomic E-state index is 13.7. The number of carbonyl (C=O) groups excluding carboxylic acids is 2. The molecular weight excluding hydrogens is 470 g/mol. The Balaban J connectivity index is 1.58. The quantitative estimate of drug-likeness (QED) is 0.265. The zero-order valence-corrected chi connectivity index (χ0v) is 20.5. The van der Waals surface area contributed by atoms with Gasteiger partial charge in [-0.1, -0.05) is 25.2 Å². The number of rotatable bonds is 8. The number of carboxylic acids is 1. The highest BCUT2D eigenvalue weighted by molar-refractivity contribution is 8.04. The standard InChI is InChI=1S/C26H31NO7S/c1-14-12-26-8-5-15(14)11-19(26)25(2,23(32)18(13-26)35-10-9-28)7-6-20(30)27-21-17(29)4-3-16(22(21)31)24(33)34/h3-4,13,15,19,28-29,31H,1,5-12H2,2H3,(H,27,30)(H,33,34)/t15-,19+,25+,26-/m1/s1. The fourth-order valence-corrected chi connectivity index (χ4v) is 7.28. The topological polar surface area (TPSA) is 144 Å². The van der Waals surface area contributed by atoms with Gasteiger partial charge in [0.15, 0.2) is 11.5 Å². The van der Waals surface area contributed by atoms with E-state index >= 15 is 0 Å². The molecule has 0 radical (unpaired) electrons. The molecule has 1 amide bonds. The number of amides is 1. The van der Waals surface area contributed by atoms with Gasteiger partial charge in [-0.25, -0.2) is 4.79 Å². The summed E-state index contributed by atoms with van der Waals surface area (Å²) < 4.78 is 0. The molecule has 4 aliphatic carbocycles. The summed E-state index contributed by atoms with van der Waals surface area (Å²) in [5, 5.41) is 41.2. The van der Waals surface area contributed by atoms with Gasteiger partial charge in [0.2, 0.25) is 5.91 Å². The number of ketones is 1. The Bertz CT molecular complexity index is 1130. The van der Waals surface area contributed by atoms with E-state index in [0.717, 1.165) is 37.8 Å². The van der Waals surface area contributed by atoms with E-state index in [1.54, 1.807) is 0 Å². The van der Waals surface area contributed by atoms with E-state index in [9.17, 15) is 34.8 Å². The van der Waals surface area contributed by atoms with Crippen molar-refractivity contribution < 1.29 is 34.8 Å². The van der Waals surface area contributed by atoms with E-state index in [1.165, 1.54) is 17.3 Å². The van der Waals surface area contributed by atoms with Crippen molar-refractivity contribution in [2.75, 3.05) is 17.7 Å². The highest BCUT2D eigenvalue weighted by atomic mass is 32.2. The molecule has 1 spiro atoms. The monoisotopic (exact) mass is 501 g/mol. The third-order valence-corrected chi connectivity index (χ3v) is 9.11. The molecule has 9 heteroatoms. The van der Waals surface area contributed by atoms with Crippen LogP contribution < -0.4 is 5.32 Å². The van der Waals surface area contributed by atoms with Crippen LogP contribution in [0.4, 0.5) is 5.69 Å². The van der Waals surface area contributed by atoms with Gasteiger partial charge in [0.25, 0.3) is 0 Å². The number of phenolic OH excluding ortho intramolecular Hbond substituents is 1. The van der Waals surface area contributed by atoms with Gasteiger partial charge < -0.3 is 25.7 Å². The largest absolute Gasteiger partial charge is 0.506 e. The number of phenols is 2. The SMILES string of the molecule is C=C1C[C@]23C=C(SCCO)C(=O)[C@@](C)(CCC(=O)Nc4c(O)ccc(C(=O)O)c4O)[C@@H]2C[C@H]1CC3. The first-order valence-electron chi connectivity index (χ1n) is 11.8. The van der Waals surface area contributed by atoms with Crippen LogP contribution in [0.25, 0.3) is 0 Å². The first-order valence-corrected chi connectivity index (χ1v) is 12.8. The molecule has 35 heavy (non-hydrogen) atoms. The molecule has 8 nitrogen and oxygen atoms in total. The number of hydrogen-bond donors (Lipinski definition) is 5. The zero-order chi connectivity index (χ0) is 25.5. The number of Topliss-reactive ketones (excluding diaryl/α,β-unsaturated/α-hetero) is 1. The predicted octanol–water partition coefficient (Wildman–Crippen LogP) is 4.08. The van der Waals surface area contributed by atoms with Crippen LogP contribution in [-0.2, 0) is 9.59 Å². The summed E-state index contributed by atoms with van der Waals surface area (Å²) in [7, 11) is 0. The number of aliphatic hydroxyl groups excluding tert-OH is 1. The second-order valence-electron chi connectivity index (χ2n) is 10.1. The lowest BCUT2D eigenvalue weighted by atomic mass is 9.44. The molecule has 5 rings (SSSR count). The summed E-state index contributed by atoms with van der Waals surface area (Å²) in [6.45, 7) is 6.16. The van der Waals surface area contributed by atoms with Gasteiger partial charge in [-0.2, -0.15) is 0 Å². The van der Waals surface area contributed by atoms with Crippen molar-refractivity contribution in [1.29, 1.82) is 0 Å². The Morgan fingerprint density at radius 2 is 2.03 bits per heavy atom. The van der Waals surface area contributed by atoms with Crippen LogP contribution in [0, 0.1) is 22.7 Å². The second-order valence-corrected chi connectivity index (χ2v) is 11.3. The van der Waals surface area contributed by atoms with E-state index in [4.69, 9.17) is 0 Å². The van der Waals surface area contributed by atoms with Gasteiger partial charge in [0.05, 0.1) is 6.61 Å². The number of anilines is 1. The second kappa shape index (κ2) is 9.35. The molecule has 3 fully saturated rings. The third-order valence-electron chi connectivity index (χ3n) is 8.11. The predicted molar refractivity (Wildman–Crippen MR) is 132 cm³/mol. The molecule has 5 N–H and O–H groups in total. The number of thioether (sulfide) groups is 1. The van der Waals surface area contributed by atoms with Crippen LogP contribution in [0.15, 0.2) is 35.3 Å². The molecule has 0 aliphatic heterocycles. The summed E-state index contributed by atoms with van der Waals surface area (Å²) in [5.41, 5.74) is -0.568. The molecule has 0 heterocycles. The molecule has 4 atom stereocenters. The first-order chi connectivity index (χ1) is 16.5. The fourth-order valence-electron chi connectivity index (χ4n) is 6.29. The van der Waals surface area contributed by atoms with Crippen LogP contribution >= 0.6 is 11.8 Å². The maximum absolute atomic E-state index is 13.7. The van der Waals surface area contributed by atoms with E-state index in [2.05, 4.69) is 18.0 Å². The number of aliphatic hydroxyl groups is 1. The summed E-state index contributed by atoms with van der Waals surface area (Å²) >= 11 is 1.35. The molecule has 4 aliphatic rings. The zero-order valence-electron chi connectivity index (χ0n) is 19.7. The Hall–Kier alpha value is -2.78. The van der Waals surface area contributed by atoms with E-state index in [0.29, 0.717) is 16.6 Å². The van der Waals surface area contributed by atoms with Gasteiger partial charge in [0.1, 0.15) is 17.0 Å². The van der Waals surface area contributed by atoms with E-state index < -0.39 is 34.4 Å². The smallest absolute Gasteiger partial charge is 0.339 e. The Morgan fingerprint density at radius 1 is 1.29 bits per heavy atom. The Morgan fingerprint density at radius 3 is 2.69 bits per heavy atom. The van der Waals surface area contributed by atoms with Crippen molar-refractivity contribution in [3.05, 3.63) is 40.8 Å². The summed E-state index contributed by atoms with van der Waals surface area (Å²) in [6.07, 6.45) is 5.99. The van der Waals surface area contributed by atoms with Gasteiger partial charge in [-0.15, -0.1) is 11.8 Å². The highest BCUT2D eigenvalue weighted by Gasteiger charge is 2.59. The van der Waals surface area contributed by atoms with Crippen molar-refractivity contribution >= 4 is 35.1 Å². The number of allylic oxidation sites excluding steroid dienone is 3. The van der Waals surface area contributed by atoms with Crippen LogP contribution in [0.2, 0.25) is 0 Å². The minimum atomic E-state index is -1.39. The lowest BCUT2D eigenvalue weighted by Crippen LogP contribution is -2.55. The lowest BCUT2D eigenvalue weighted by molar-refractivity contribution is -0.136. The fraction of sp³-hybridized carbons (Fsp3) is 0.500. The first kappa shape index (κ1) is 25.3. The molecule has 0 saturated heterocycles. The van der Waals surface area contributed by atoms with Crippen molar-refractivity contribution in [1.82, 2.24) is 0 Å². The summed E-state index contributed by atoms with van der Waals surface area (Å²) in [6, 6.07) is 2.14. The van der Waals surface area contributed by atoms with E-state index in [1.807, 2.05) is 6.92 Å². The summed E-state index contributed by atoms with van der Waals surface area (Å²) in [5.74, 6) is -2.27. The third kappa shape index (κ3) is 4.36. The van der Waals surface area contributed by atoms with Crippen molar-refractivity contribution in [3.63, 3.8) is 0 Å². The average Bonchev–Trinajstić information content (AvgIpc) is 2.81. The number of hydrogen-bond acceptors (Lipinski definition) is 7. The number of nitrogens with one attached hydrogen (secondary N) is 1. The maximum Gasteiger partial charge on any atom is 0.339 e. The van der Waals surface area contributed by atoms with Crippen LogP contribution in [-0.4, -0.2) is 50.4 Å². The number of fused-ring (bicyclic) bond motifs is 2. The average molecular weight is 502 g/mol. The van der Waals surface area contributed by atoms with Crippen molar-refractivity contribution in [3.8, 4) is 11.5 Å².